The van der Waals surface area contributed by atoms with Crippen LogP contribution in [0.3, 0.4) is 0 Å². The number of benzene rings is 3. The highest BCUT2D eigenvalue weighted by Gasteiger charge is 2.24. The van der Waals surface area contributed by atoms with Crippen molar-refractivity contribution in [3.05, 3.63) is 90.0 Å². The molecule has 3 aromatic rings. The Morgan fingerprint density at radius 3 is 2.07 bits per heavy atom. The van der Waals surface area contributed by atoms with E-state index in [4.69, 9.17) is 0 Å². The molecule has 0 aliphatic carbocycles. The third-order valence-electron chi connectivity index (χ3n) is 5.42. The highest BCUT2D eigenvalue weighted by Crippen LogP contribution is 2.24. The molecule has 4 rings (SSSR count). The lowest BCUT2D eigenvalue weighted by molar-refractivity contribution is 0.0747. The molecule has 152 valence electrons. The highest BCUT2D eigenvalue weighted by atomic mass is 16.2. The topological polar surface area (TPSA) is 52.7 Å². The normalized spacial score (nSPS) is 13.8. The van der Waals surface area contributed by atoms with Crippen molar-refractivity contribution in [1.82, 2.24) is 4.90 Å². The number of ketones is 1. The van der Waals surface area contributed by atoms with Gasteiger partial charge in [0.05, 0.1) is 11.3 Å². The number of amides is 1. The fourth-order valence-corrected chi connectivity index (χ4v) is 3.70. The van der Waals surface area contributed by atoms with Crippen LogP contribution in [0.15, 0.2) is 78.9 Å². The quantitative estimate of drug-likeness (QED) is 0.638. The van der Waals surface area contributed by atoms with Crippen molar-refractivity contribution in [3.8, 4) is 0 Å². The van der Waals surface area contributed by atoms with Crippen LogP contribution in [0.4, 0.5) is 17.1 Å². The maximum atomic E-state index is 13.2. The van der Waals surface area contributed by atoms with Gasteiger partial charge in [-0.1, -0.05) is 30.3 Å². The van der Waals surface area contributed by atoms with Crippen LogP contribution in [0.25, 0.3) is 0 Å². The highest BCUT2D eigenvalue weighted by molar-refractivity contribution is 6.00. The lowest BCUT2D eigenvalue weighted by Gasteiger charge is -2.36. The van der Waals surface area contributed by atoms with E-state index in [-0.39, 0.29) is 11.7 Å². The van der Waals surface area contributed by atoms with Gasteiger partial charge in [0.25, 0.3) is 5.91 Å². The second-order valence-corrected chi connectivity index (χ2v) is 7.42. The van der Waals surface area contributed by atoms with Crippen molar-refractivity contribution in [1.29, 1.82) is 0 Å². The first-order valence-electron chi connectivity index (χ1n) is 10.2. The molecular formula is C25H25N3O2. The van der Waals surface area contributed by atoms with Crippen molar-refractivity contribution < 1.29 is 9.59 Å². The molecule has 1 fully saturated rings. The van der Waals surface area contributed by atoms with Crippen molar-refractivity contribution >= 4 is 28.8 Å². The maximum Gasteiger partial charge on any atom is 0.256 e. The molecule has 0 bridgehead atoms. The summed E-state index contributed by atoms with van der Waals surface area (Å²) in [5.41, 5.74) is 4.25. The molecule has 1 N–H and O–H groups in total. The number of anilines is 3. The van der Waals surface area contributed by atoms with E-state index in [2.05, 4.69) is 10.2 Å². The predicted octanol–water partition coefficient (Wildman–Crippen LogP) is 4.60. The monoisotopic (exact) mass is 399 g/mol. The summed E-state index contributed by atoms with van der Waals surface area (Å²) in [7, 11) is 0. The van der Waals surface area contributed by atoms with Crippen LogP contribution >= 0.6 is 0 Å². The Morgan fingerprint density at radius 2 is 1.40 bits per heavy atom. The minimum atomic E-state index is 0.0422. The first-order valence-corrected chi connectivity index (χ1v) is 10.2. The van der Waals surface area contributed by atoms with E-state index < -0.39 is 0 Å². The summed E-state index contributed by atoms with van der Waals surface area (Å²) in [6, 6.07) is 25.2. The number of carbonyl (C=O) groups is 2. The molecule has 0 saturated carbocycles. The van der Waals surface area contributed by atoms with Gasteiger partial charge in [0, 0.05) is 43.1 Å². The van der Waals surface area contributed by atoms with E-state index in [1.165, 1.54) is 0 Å². The summed E-state index contributed by atoms with van der Waals surface area (Å²) in [5.74, 6) is 0.111. The van der Waals surface area contributed by atoms with Gasteiger partial charge in [-0.05, 0) is 55.5 Å². The first-order chi connectivity index (χ1) is 14.6. The van der Waals surface area contributed by atoms with Gasteiger partial charge >= 0.3 is 0 Å². The zero-order valence-electron chi connectivity index (χ0n) is 17.0. The van der Waals surface area contributed by atoms with Crippen LogP contribution in [-0.2, 0) is 0 Å². The van der Waals surface area contributed by atoms with E-state index in [9.17, 15) is 9.59 Å². The van der Waals surface area contributed by atoms with E-state index in [1.807, 2.05) is 83.8 Å². The number of carbonyl (C=O) groups excluding carboxylic acids is 2. The van der Waals surface area contributed by atoms with Gasteiger partial charge in [-0.3, -0.25) is 9.59 Å². The van der Waals surface area contributed by atoms with Crippen molar-refractivity contribution in [3.63, 3.8) is 0 Å². The second-order valence-electron chi connectivity index (χ2n) is 7.42. The van der Waals surface area contributed by atoms with E-state index in [1.54, 1.807) is 6.92 Å². The van der Waals surface area contributed by atoms with Crippen LogP contribution in [0.2, 0.25) is 0 Å². The molecule has 1 aliphatic heterocycles. The van der Waals surface area contributed by atoms with Crippen molar-refractivity contribution in [2.24, 2.45) is 0 Å². The predicted molar refractivity (Wildman–Crippen MR) is 121 cm³/mol. The number of Topliss-reactive ketones (excluding diaryl/α,β-unsaturated/α-hetero) is 1. The van der Waals surface area contributed by atoms with Gasteiger partial charge in [0.1, 0.15) is 0 Å². The molecule has 0 radical (unpaired) electrons. The zero-order valence-corrected chi connectivity index (χ0v) is 17.0. The largest absolute Gasteiger partial charge is 0.368 e. The molecule has 5 heteroatoms. The molecule has 1 aliphatic rings. The summed E-state index contributed by atoms with van der Waals surface area (Å²) < 4.78 is 0. The number of hydrogen-bond donors (Lipinski definition) is 1. The van der Waals surface area contributed by atoms with E-state index in [0.717, 1.165) is 35.7 Å². The van der Waals surface area contributed by atoms with Crippen LogP contribution in [0.1, 0.15) is 27.6 Å². The van der Waals surface area contributed by atoms with Crippen molar-refractivity contribution in [2.75, 3.05) is 36.4 Å². The Kier molecular flexibility index (Phi) is 5.80. The van der Waals surface area contributed by atoms with Crippen LogP contribution in [0.5, 0.6) is 0 Å². The fourth-order valence-electron chi connectivity index (χ4n) is 3.70. The molecule has 3 aromatic carbocycles. The molecule has 1 heterocycles. The summed E-state index contributed by atoms with van der Waals surface area (Å²) in [4.78, 5) is 28.8. The molecule has 30 heavy (non-hydrogen) atoms. The van der Waals surface area contributed by atoms with Gasteiger partial charge < -0.3 is 15.1 Å². The van der Waals surface area contributed by atoms with Gasteiger partial charge in [-0.2, -0.15) is 0 Å². The van der Waals surface area contributed by atoms with Crippen LogP contribution in [-0.4, -0.2) is 42.8 Å². The Morgan fingerprint density at radius 1 is 0.767 bits per heavy atom. The molecule has 0 atom stereocenters. The third kappa shape index (κ3) is 4.35. The molecule has 0 aromatic heterocycles. The second kappa shape index (κ2) is 8.82. The minimum Gasteiger partial charge on any atom is -0.368 e. The Labute approximate surface area is 176 Å². The molecular weight excluding hydrogens is 374 g/mol. The Bertz CT molecular complexity index is 1020. The lowest BCUT2D eigenvalue weighted by Crippen LogP contribution is -2.48. The molecule has 1 amide bonds. The maximum absolute atomic E-state index is 13.2. The van der Waals surface area contributed by atoms with Crippen LogP contribution in [0, 0.1) is 0 Å². The van der Waals surface area contributed by atoms with Gasteiger partial charge in [0.2, 0.25) is 0 Å². The summed E-state index contributed by atoms with van der Waals surface area (Å²) >= 11 is 0. The Hall–Kier alpha value is -3.60. The third-order valence-corrected chi connectivity index (χ3v) is 5.42. The molecule has 1 saturated heterocycles. The van der Waals surface area contributed by atoms with Crippen molar-refractivity contribution in [2.45, 2.75) is 6.92 Å². The lowest BCUT2D eigenvalue weighted by atomic mass is 10.1. The van der Waals surface area contributed by atoms with Gasteiger partial charge in [-0.15, -0.1) is 0 Å². The summed E-state index contributed by atoms with van der Waals surface area (Å²) in [6.45, 7) is 4.42. The van der Waals surface area contributed by atoms with Gasteiger partial charge in [0.15, 0.2) is 5.78 Å². The first kappa shape index (κ1) is 19.7. The molecule has 0 spiro atoms. The number of piperazine rings is 1. The number of nitrogens with one attached hydrogen (secondary N) is 1. The average molecular weight is 399 g/mol. The van der Waals surface area contributed by atoms with E-state index >= 15 is 0 Å². The van der Waals surface area contributed by atoms with Crippen LogP contribution < -0.4 is 10.2 Å². The zero-order chi connectivity index (χ0) is 20.9. The number of hydrogen-bond acceptors (Lipinski definition) is 4. The molecule has 0 unspecified atom stereocenters. The number of nitrogens with zero attached hydrogens (tertiary/aromatic N) is 2. The molecule has 5 nitrogen and oxygen atoms in total. The fraction of sp³-hybridized carbons (Fsp3) is 0.200. The number of para-hydroxylation sites is 2. The summed E-state index contributed by atoms with van der Waals surface area (Å²) in [5, 5.41) is 3.36. The SMILES string of the molecule is CC(=O)c1ccc(N2CCN(C(=O)c3ccccc3Nc3ccccc3)CC2)cc1. The van der Waals surface area contributed by atoms with E-state index in [0.29, 0.717) is 18.7 Å². The van der Waals surface area contributed by atoms with Gasteiger partial charge in [-0.25, -0.2) is 0 Å². The smallest absolute Gasteiger partial charge is 0.256 e. The Balaban J connectivity index is 1.43. The average Bonchev–Trinajstić information content (AvgIpc) is 2.80. The standard InChI is InChI=1S/C25H25N3O2/c1-19(29)20-11-13-22(14-12-20)27-15-17-28(18-16-27)25(30)23-9-5-6-10-24(23)26-21-7-3-2-4-8-21/h2-14,26H,15-18H2,1H3. The summed E-state index contributed by atoms with van der Waals surface area (Å²) in [6.07, 6.45) is 0. The minimum absolute atomic E-state index is 0.0422. The number of rotatable bonds is 5.